The molecule has 0 aliphatic carbocycles. The molecule has 1 rings (SSSR count). The summed E-state index contributed by atoms with van der Waals surface area (Å²) in [6, 6.07) is 7.20. The third-order valence-electron chi connectivity index (χ3n) is 2.90. The number of methoxy groups -OCH3 is 1. The fraction of sp³-hybridized carbons (Fsp3) is 0.500. The lowest BCUT2D eigenvalue weighted by atomic mass is 9.96. The first-order valence-electron chi connectivity index (χ1n) is 5.61. The lowest BCUT2D eigenvalue weighted by molar-refractivity contribution is 0.00700. The largest absolute Gasteiger partial charge is 0.372 e. The SMILES string of the molecule is CCS(=O)(=O)NC[C@@](C)(OC)c1cccc(Cl)c1. The van der Waals surface area contributed by atoms with Crippen LogP contribution in [0.5, 0.6) is 0 Å². The second-order valence-corrected chi connectivity index (χ2v) is 6.70. The lowest BCUT2D eigenvalue weighted by Crippen LogP contribution is -2.40. The first kappa shape index (κ1) is 15.4. The van der Waals surface area contributed by atoms with Crippen molar-refractivity contribution >= 4 is 21.6 Å². The van der Waals surface area contributed by atoms with E-state index in [1.54, 1.807) is 26.2 Å². The summed E-state index contributed by atoms with van der Waals surface area (Å²) in [5, 5.41) is 0.592. The zero-order valence-electron chi connectivity index (χ0n) is 10.7. The Balaban J connectivity index is 2.93. The Labute approximate surface area is 113 Å². The van der Waals surface area contributed by atoms with Crippen molar-refractivity contribution in [2.24, 2.45) is 0 Å². The monoisotopic (exact) mass is 291 g/mol. The quantitative estimate of drug-likeness (QED) is 0.874. The second-order valence-electron chi connectivity index (χ2n) is 4.17. The van der Waals surface area contributed by atoms with Crippen LogP contribution < -0.4 is 4.72 Å². The van der Waals surface area contributed by atoms with Crippen LogP contribution in [0.4, 0.5) is 0 Å². The Morgan fingerprint density at radius 1 is 1.44 bits per heavy atom. The maximum atomic E-state index is 11.5. The van der Waals surface area contributed by atoms with Gasteiger partial charge in [0.2, 0.25) is 10.0 Å². The number of nitrogens with one attached hydrogen (secondary N) is 1. The number of rotatable bonds is 6. The Kier molecular flexibility index (Phi) is 5.16. The number of benzene rings is 1. The smallest absolute Gasteiger partial charge is 0.211 e. The average molecular weight is 292 g/mol. The van der Waals surface area contributed by atoms with Crippen molar-refractivity contribution in [1.82, 2.24) is 4.72 Å². The van der Waals surface area contributed by atoms with Gasteiger partial charge in [-0.05, 0) is 31.5 Å². The van der Waals surface area contributed by atoms with E-state index >= 15 is 0 Å². The van der Waals surface area contributed by atoms with Gasteiger partial charge in [-0.15, -0.1) is 0 Å². The maximum absolute atomic E-state index is 11.5. The van der Waals surface area contributed by atoms with Crippen LogP contribution in [0, 0.1) is 0 Å². The molecule has 0 amide bonds. The Morgan fingerprint density at radius 2 is 2.11 bits per heavy atom. The zero-order valence-corrected chi connectivity index (χ0v) is 12.3. The molecule has 0 unspecified atom stereocenters. The maximum Gasteiger partial charge on any atom is 0.211 e. The molecule has 0 radical (unpaired) electrons. The van der Waals surface area contributed by atoms with Crippen LogP contribution in [-0.2, 0) is 20.4 Å². The van der Waals surface area contributed by atoms with Crippen LogP contribution in [0.3, 0.4) is 0 Å². The first-order chi connectivity index (χ1) is 8.33. The first-order valence-corrected chi connectivity index (χ1v) is 7.64. The molecule has 1 atom stereocenters. The predicted octanol–water partition coefficient (Wildman–Crippen LogP) is 2.14. The van der Waals surface area contributed by atoms with Crippen LogP contribution in [0.15, 0.2) is 24.3 Å². The lowest BCUT2D eigenvalue weighted by Gasteiger charge is -2.29. The van der Waals surface area contributed by atoms with Crippen molar-refractivity contribution in [2.45, 2.75) is 19.4 Å². The minimum absolute atomic E-state index is 0.0440. The third kappa shape index (κ3) is 3.95. The summed E-state index contributed by atoms with van der Waals surface area (Å²) < 4.78 is 30.9. The van der Waals surface area contributed by atoms with Gasteiger partial charge in [-0.1, -0.05) is 23.7 Å². The molecule has 6 heteroatoms. The van der Waals surface area contributed by atoms with E-state index in [1.165, 1.54) is 0 Å². The minimum Gasteiger partial charge on any atom is -0.372 e. The molecule has 0 saturated carbocycles. The van der Waals surface area contributed by atoms with Crippen LogP contribution in [-0.4, -0.2) is 27.8 Å². The predicted molar refractivity (Wildman–Crippen MR) is 73.3 cm³/mol. The van der Waals surface area contributed by atoms with E-state index in [2.05, 4.69) is 4.72 Å². The highest BCUT2D eigenvalue weighted by molar-refractivity contribution is 7.89. The minimum atomic E-state index is -3.24. The van der Waals surface area contributed by atoms with E-state index in [0.717, 1.165) is 5.56 Å². The van der Waals surface area contributed by atoms with E-state index in [-0.39, 0.29) is 12.3 Å². The Bertz CT molecular complexity index is 504. The number of sulfonamides is 1. The Morgan fingerprint density at radius 3 is 2.61 bits per heavy atom. The molecule has 0 spiro atoms. The summed E-state index contributed by atoms with van der Waals surface area (Å²) in [7, 11) is -1.70. The second kappa shape index (κ2) is 6.02. The van der Waals surface area contributed by atoms with Crippen molar-refractivity contribution in [2.75, 3.05) is 19.4 Å². The normalized spacial score (nSPS) is 15.3. The van der Waals surface area contributed by atoms with Gasteiger partial charge in [-0.2, -0.15) is 0 Å². The molecule has 0 bridgehead atoms. The van der Waals surface area contributed by atoms with Crippen LogP contribution in [0.25, 0.3) is 0 Å². The van der Waals surface area contributed by atoms with Crippen molar-refractivity contribution in [3.63, 3.8) is 0 Å². The number of hydrogen-bond acceptors (Lipinski definition) is 3. The topological polar surface area (TPSA) is 55.4 Å². The van der Waals surface area contributed by atoms with Gasteiger partial charge in [0.25, 0.3) is 0 Å². The van der Waals surface area contributed by atoms with Gasteiger partial charge in [0.05, 0.1) is 5.75 Å². The molecule has 102 valence electrons. The fourth-order valence-electron chi connectivity index (χ4n) is 1.46. The molecule has 18 heavy (non-hydrogen) atoms. The van der Waals surface area contributed by atoms with Crippen molar-refractivity contribution in [1.29, 1.82) is 0 Å². The van der Waals surface area contributed by atoms with Crippen LogP contribution >= 0.6 is 11.6 Å². The summed E-state index contributed by atoms with van der Waals surface area (Å²) in [6.45, 7) is 3.57. The van der Waals surface area contributed by atoms with Gasteiger partial charge >= 0.3 is 0 Å². The highest BCUT2D eigenvalue weighted by Gasteiger charge is 2.28. The third-order valence-corrected chi connectivity index (χ3v) is 4.47. The van der Waals surface area contributed by atoms with Gasteiger partial charge < -0.3 is 4.74 Å². The molecule has 0 aliphatic rings. The molecule has 1 aromatic rings. The summed E-state index contributed by atoms with van der Waals surface area (Å²) in [4.78, 5) is 0. The highest BCUT2D eigenvalue weighted by Crippen LogP contribution is 2.26. The molecule has 4 nitrogen and oxygen atoms in total. The Hall–Kier alpha value is -0.620. The van der Waals surface area contributed by atoms with E-state index in [0.29, 0.717) is 5.02 Å². The van der Waals surface area contributed by atoms with Crippen molar-refractivity contribution in [3.05, 3.63) is 34.9 Å². The van der Waals surface area contributed by atoms with Gasteiger partial charge in [0.1, 0.15) is 5.60 Å². The van der Waals surface area contributed by atoms with Gasteiger partial charge in [0, 0.05) is 18.7 Å². The fourth-order valence-corrected chi connectivity index (χ4v) is 2.35. The van der Waals surface area contributed by atoms with Crippen molar-refractivity contribution in [3.8, 4) is 0 Å². The van der Waals surface area contributed by atoms with Gasteiger partial charge in [-0.25, -0.2) is 13.1 Å². The number of hydrogen-bond donors (Lipinski definition) is 1. The summed E-state index contributed by atoms with van der Waals surface area (Å²) in [6.07, 6.45) is 0. The van der Waals surface area contributed by atoms with E-state index < -0.39 is 15.6 Å². The molecule has 0 saturated heterocycles. The number of halogens is 1. The molecular formula is C12H18ClNO3S. The van der Waals surface area contributed by atoms with Gasteiger partial charge in [-0.3, -0.25) is 0 Å². The molecule has 1 N–H and O–H groups in total. The molecule has 0 heterocycles. The van der Waals surface area contributed by atoms with Gasteiger partial charge in [0.15, 0.2) is 0 Å². The summed E-state index contributed by atoms with van der Waals surface area (Å²) >= 11 is 5.93. The molecule has 0 aromatic heterocycles. The van der Waals surface area contributed by atoms with E-state index in [1.807, 2.05) is 19.1 Å². The molecule has 0 fully saturated rings. The van der Waals surface area contributed by atoms with Crippen LogP contribution in [0.2, 0.25) is 5.02 Å². The summed E-state index contributed by atoms with van der Waals surface area (Å²) in [5.41, 5.74) is 0.0870. The average Bonchev–Trinajstić information content (AvgIpc) is 2.36. The molecular weight excluding hydrogens is 274 g/mol. The molecule has 1 aromatic carbocycles. The summed E-state index contributed by atoms with van der Waals surface area (Å²) in [5.74, 6) is 0.0440. The van der Waals surface area contributed by atoms with Crippen molar-refractivity contribution < 1.29 is 13.2 Å². The van der Waals surface area contributed by atoms with Crippen LogP contribution in [0.1, 0.15) is 19.4 Å². The number of ether oxygens (including phenoxy) is 1. The standard InChI is InChI=1S/C12H18ClNO3S/c1-4-18(15,16)14-9-12(2,17-3)10-6-5-7-11(13)8-10/h5-8,14H,4,9H2,1-3H3/t12-/m1/s1. The van der Waals surface area contributed by atoms with E-state index in [4.69, 9.17) is 16.3 Å². The molecule has 0 aliphatic heterocycles. The zero-order chi connectivity index (χ0) is 13.8. The van der Waals surface area contributed by atoms with E-state index in [9.17, 15) is 8.42 Å². The highest BCUT2D eigenvalue weighted by atomic mass is 35.5.